The normalized spacial score (nSPS) is 10.7. The summed E-state index contributed by atoms with van der Waals surface area (Å²) < 4.78 is 0. The molecule has 222 valence electrons. The first-order chi connectivity index (χ1) is 22.1. The van der Waals surface area contributed by atoms with Crippen LogP contribution in [0.4, 0.5) is 0 Å². The van der Waals surface area contributed by atoms with Gasteiger partial charge in [-0.1, -0.05) is 108 Å². The Kier molecular flexibility index (Phi) is 9.52. The van der Waals surface area contributed by atoms with Crippen LogP contribution in [0, 0.1) is 26.0 Å². The molecule has 0 aliphatic heterocycles. The number of hydrogen-bond acceptors (Lipinski definition) is 2. The van der Waals surface area contributed by atoms with Gasteiger partial charge in [-0.25, -0.2) is 0 Å². The Hall–Kier alpha value is -4.85. The van der Waals surface area contributed by atoms with E-state index in [1.54, 1.807) is 0 Å². The second-order valence-corrected chi connectivity index (χ2v) is 11.4. The van der Waals surface area contributed by atoms with Gasteiger partial charge in [0.1, 0.15) is 0 Å². The molecule has 0 aliphatic carbocycles. The molecule has 0 aliphatic rings. The summed E-state index contributed by atoms with van der Waals surface area (Å²) >= 11 is 0. The van der Waals surface area contributed by atoms with Crippen LogP contribution in [0.25, 0.3) is 44.8 Å². The Labute approximate surface area is 286 Å². The number of hydrogen-bond donors (Lipinski definition) is 0. The van der Waals surface area contributed by atoms with Crippen molar-refractivity contribution < 1.29 is 21.1 Å². The Balaban J connectivity index is 0.00000372. The second-order valence-electron chi connectivity index (χ2n) is 11.4. The summed E-state index contributed by atoms with van der Waals surface area (Å²) in [6.07, 6.45) is 3.74. The van der Waals surface area contributed by atoms with Crippen LogP contribution in [0.15, 0.2) is 152 Å². The first-order valence-electron chi connectivity index (χ1n) is 15.3. The van der Waals surface area contributed by atoms with Gasteiger partial charge in [0.15, 0.2) is 0 Å². The predicted octanol–water partition coefficient (Wildman–Crippen LogP) is 7.88. The zero-order valence-electron chi connectivity index (χ0n) is 25.7. The van der Waals surface area contributed by atoms with Crippen molar-refractivity contribution in [3.63, 3.8) is 0 Å². The molecule has 7 aromatic rings. The first-order valence-corrected chi connectivity index (χ1v) is 15.3. The number of nitrogens with zero attached hydrogens (tertiary/aromatic N) is 2. The third-order valence-corrected chi connectivity index (χ3v) is 8.20. The Morgan fingerprint density at radius 1 is 0.478 bits per heavy atom. The van der Waals surface area contributed by atoms with Gasteiger partial charge in [-0.15, -0.1) is 59.7 Å². The number of pyridine rings is 2. The number of rotatable bonds is 7. The van der Waals surface area contributed by atoms with E-state index in [4.69, 9.17) is 9.97 Å². The van der Waals surface area contributed by atoms with E-state index in [2.05, 4.69) is 153 Å². The molecule has 0 bridgehead atoms. The molecule has 46 heavy (non-hydrogen) atoms. The van der Waals surface area contributed by atoms with Crippen LogP contribution in [0.5, 0.6) is 0 Å². The van der Waals surface area contributed by atoms with Crippen LogP contribution < -0.4 is 16.4 Å². The maximum absolute atomic E-state index is 4.70. The van der Waals surface area contributed by atoms with E-state index in [1.165, 1.54) is 38.8 Å². The molecule has 0 saturated carbocycles. The van der Waals surface area contributed by atoms with Gasteiger partial charge < -0.3 is 9.97 Å². The van der Waals surface area contributed by atoms with E-state index in [0.29, 0.717) is 0 Å². The van der Waals surface area contributed by atoms with Crippen molar-refractivity contribution in [2.24, 2.45) is 0 Å². The van der Waals surface area contributed by atoms with Crippen LogP contribution in [0.3, 0.4) is 0 Å². The Morgan fingerprint density at radius 2 is 0.913 bits per heavy atom. The van der Waals surface area contributed by atoms with Crippen molar-refractivity contribution >= 4 is 23.1 Å². The van der Waals surface area contributed by atoms with E-state index < -0.39 is 0 Å². The van der Waals surface area contributed by atoms with Gasteiger partial charge in [-0.3, -0.25) is 0 Å². The fourth-order valence-electron chi connectivity index (χ4n) is 6.07. The summed E-state index contributed by atoms with van der Waals surface area (Å²) in [4.78, 5) is 9.40. The molecule has 2 heterocycles. The topological polar surface area (TPSA) is 25.8 Å². The van der Waals surface area contributed by atoms with Crippen LogP contribution in [-0.4, -0.2) is 16.7 Å². The monoisotopic (exact) mass is 769 g/mol. The molecule has 0 amide bonds. The molecule has 0 radical (unpaired) electrons. The average Bonchev–Trinajstić information content (AvgIpc) is 3.09. The minimum atomic E-state index is -0.175. The molecule has 4 heteroatoms. The molecule has 0 fully saturated rings. The second kappa shape index (κ2) is 14.1. The van der Waals surface area contributed by atoms with Crippen LogP contribution in [0.2, 0.25) is 0 Å². The molecule has 0 saturated heterocycles. The van der Waals surface area contributed by atoms with E-state index in [1.807, 2.05) is 24.5 Å². The molecular weight excluding hydrogens is 738 g/mol. The molecule has 0 unspecified atom stereocenters. The van der Waals surface area contributed by atoms with Gasteiger partial charge in [0.2, 0.25) is 6.71 Å². The molecule has 2 nitrogen and oxygen atoms in total. The van der Waals surface area contributed by atoms with Crippen molar-refractivity contribution in [2.45, 2.75) is 13.8 Å². The van der Waals surface area contributed by atoms with E-state index in [9.17, 15) is 0 Å². The molecule has 0 atom stereocenters. The molecule has 2 aromatic heterocycles. The predicted molar refractivity (Wildman–Crippen MR) is 188 cm³/mol. The van der Waals surface area contributed by atoms with Gasteiger partial charge in [-0.2, -0.15) is 10.9 Å². The van der Waals surface area contributed by atoms with E-state index in [-0.39, 0.29) is 27.8 Å². The molecule has 0 N–H and O–H groups in total. The zero-order chi connectivity index (χ0) is 30.6. The zero-order valence-corrected chi connectivity index (χ0v) is 28.0. The summed E-state index contributed by atoms with van der Waals surface area (Å²) in [5, 5.41) is 0. The van der Waals surface area contributed by atoms with Crippen molar-refractivity contribution in [3.8, 4) is 44.8 Å². The SMILES string of the molecule is Cc1ccnc(-c2[c-]c(B(c3[c-]c(-c4cc(C)ccn4)ccc3)c3c(-c4ccccc4)cccc3-c3ccccc3)ccc2)c1.[Pt+2]. The maximum atomic E-state index is 4.70. The summed E-state index contributed by atoms with van der Waals surface area (Å²) in [6, 6.07) is 56.7. The summed E-state index contributed by atoms with van der Waals surface area (Å²) in [7, 11) is 0. The number of benzene rings is 5. The fourth-order valence-corrected chi connectivity index (χ4v) is 6.07. The van der Waals surface area contributed by atoms with E-state index >= 15 is 0 Å². The standard InChI is InChI=1S/C42H31BN2.Pt/c1-30-22-24-44-40(26-30)34-16-9-18-36(28-34)43(37-19-10-17-35(29-37)41-27-31(2)23-25-45-41)42-38(32-12-5-3-6-13-32)20-11-21-39(42)33-14-7-4-8-15-33;/h3-27H,1-2H3;/q-2;+2. The molecular formula is C42H31BN2Pt. The van der Waals surface area contributed by atoms with Crippen molar-refractivity contribution in [2.75, 3.05) is 0 Å². The summed E-state index contributed by atoms with van der Waals surface area (Å²) in [5.41, 5.74) is 14.1. The van der Waals surface area contributed by atoms with Gasteiger partial charge in [0.25, 0.3) is 0 Å². The van der Waals surface area contributed by atoms with Gasteiger partial charge in [-0.05, 0) is 59.6 Å². The minimum Gasteiger partial charge on any atom is -0.305 e. The third-order valence-electron chi connectivity index (χ3n) is 8.20. The van der Waals surface area contributed by atoms with Crippen molar-refractivity contribution in [1.82, 2.24) is 9.97 Å². The number of aryl methyl sites for hydroxylation is 2. The average molecular weight is 770 g/mol. The van der Waals surface area contributed by atoms with Crippen LogP contribution in [0.1, 0.15) is 11.1 Å². The summed E-state index contributed by atoms with van der Waals surface area (Å²) in [6.45, 7) is 4.02. The van der Waals surface area contributed by atoms with Gasteiger partial charge in [0, 0.05) is 12.4 Å². The molecule has 7 rings (SSSR count). The molecule has 0 spiro atoms. The third kappa shape index (κ3) is 6.57. The number of aromatic nitrogens is 2. The summed E-state index contributed by atoms with van der Waals surface area (Å²) in [5.74, 6) is 0. The Morgan fingerprint density at radius 3 is 1.35 bits per heavy atom. The smallest absolute Gasteiger partial charge is 0.305 e. The maximum Gasteiger partial charge on any atom is 2.00 e. The van der Waals surface area contributed by atoms with Gasteiger partial charge in [0.05, 0.1) is 0 Å². The fraction of sp³-hybridized carbons (Fsp3) is 0.0476. The quantitative estimate of drug-likeness (QED) is 0.122. The van der Waals surface area contributed by atoms with E-state index in [0.717, 1.165) is 33.4 Å². The molecule has 5 aromatic carbocycles. The van der Waals surface area contributed by atoms with Crippen molar-refractivity contribution in [3.05, 3.63) is 175 Å². The van der Waals surface area contributed by atoms with Crippen molar-refractivity contribution in [1.29, 1.82) is 0 Å². The minimum absolute atomic E-state index is 0. The van der Waals surface area contributed by atoms with Crippen LogP contribution in [-0.2, 0) is 21.1 Å². The van der Waals surface area contributed by atoms with Gasteiger partial charge >= 0.3 is 21.1 Å². The largest absolute Gasteiger partial charge is 2.00 e. The Bertz CT molecular complexity index is 1950. The van der Waals surface area contributed by atoms with Crippen LogP contribution >= 0.6 is 0 Å². The first kappa shape index (κ1) is 31.1.